The third kappa shape index (κ3) is 2.18. The van der Waals surface area contributed by atoms with E-state index in [-0.39, 0.29) is 10.9 Å². The van der Waals surface area contributed by atoms with Crippen molar-refractivity contribution >= 4 is 11.6 Å². The van der Waals surface area contributed by atoms with Crippen LogP contribution in [-0.2, 0) is 10.9 Å². The molecule has 0 radical (unpaired) electrons. The zero-order chi connectivity index (χ0) is 11.8. The van der Waals surface area contributed by atoms with Crippen LogP contribution in [0, 0.1) is 0 Å². The van der Waals surface area contributed by atoms with Crippen LogP contribution in [0.1, 0.15) is 23.7 Å². The highest BCUT2D eigenvalue weighted by Gasteiger charge is 2.38. The van der Waals surface area contributed by atoms with E-state index in [4.69, 9.17) is 16.3 Å². The highest BCUT2D eigenvalue weighted by molar-refractivity contribution is 6.21. The lowest BCUT2D eigenvalue weighted by atomic mass is 10.00. The molecule has 1 nitrogen and oxygen atoms in total. The molecule has 0 spiro atoms. The molecule has 0 bridgehead atoms. The summed E-state index contributed by atoms with van der Waals surface area (Å²) in [7, 11) is 0. The Balaban J connectivity index is 2.40. The van der Waals surface area contributed by atoms with Gasteiger partial charge in [-0.05, 0) is 18.1 Å². The lowest BCUT2D eigenvalue weighted by Gasteiger charge is -2.19. The fourth-order valence-corrected chi connectivity index (χ4v) is 2.15. The van der Waals surface area contributed by atoms with Crippen LogP contribution >= 0.6 is 11.6 Å². The van der Waals surface area contributed by atoms with E-state index in [9.17, 15) is 13.2 Å². The maximum atomic E-state index is 12.7. The highest BCUT2D eigenvalue weighted by atomic mass is 35.5. The molecule has 0 N–H and O–H groups in total. The van der Waals surface area contributed by atoms with Gasteiger partial charge >= 0.3 is 6.18 Å². The topological polar surface area (TPSA) is 9.23 Å². The van der Waals surface area contributed by atoms with Crippen molar-refractivity contribution in [3.05, 3.63) is 35.4 Å². The predicted octanol–water partition coefficient (Wildman–Crippen LogP) is 3.77. The molecular weight excluding hydrogens is 241 g/mol. The van der Waals surface area contributed by atoms with Gasteiger partial charge in [0.15, 0.2) is 0 Å². The van der Waals surface area contributed by atoms with Crippen LogP contribution in [0.3, 0.4) is 0 Å². The van der Waals surface area contributed by atoms with Crippen LogP contribution in [-0.4, -0.2) is 12.0 Å². The first-order valence-electron chi connectivity index (χ1n) is 4.92. The number of alkyl halides is 4. The van der Waals surface area contributed by atoms with E-state index in [0.29, 0.717) is 13.0 Å². The van der Waals surface area contributed by atoms with Crippen molar-refractivity contribution in [2.45, 2.75) is 24.1 Å². The number of hydrogen-bond donors (Lipinski definition) is 0. The van der Waals surface area contributed by atoms with E-state index in [2.05, 4.69) is 0 Å². The molecule has 0 unspecified atom stereocenters. The highest BCUT2D eigenvalue weighted by Crippen LogP contribution is 2.40. The van der Waals surface area contributed by atoms with Gasteiger partial charge in [-0.1, -0.05) is 18.2 Å². The first-order valence-corrected chi connectivity index (χ1v) is 5.35. The molecule has 1 aromatic rings. The summed E-state index contributed by atoms with van der Waals surface area (Å²) in [4.78, 5) is 0. The Kier molecular flexibility index (Phi) is 3.13. The van der Waals surface area contributed by atoms with Gasteiger partial charge in [-0.3, -0.25) is 0 Å². The molecule has 16 heavy (non-hydrogen) atoms. The summed E-state index contributed by atoms with van der Waals surface area (Å²) >= 11 is 5.94. The van der Waals surface area contributed by atoms with Crippen molar-refractivity contribution < 1.29 is 17.9 Å². The molecule has 1 aromatic carbocycles. The van der Waals surface area contributed by atoms with Crippen LogP contribution in [0.15, 0.2) is 24.3 Å². The van der Waals surface area contributed by atoms with E-state index in [0.717, 1.165) is 6.07 Å². The molecule has 2 atom stereocenters. The normalized spacial score (nSPS) is 26.0. The number of benzene rings is 1. The summed E-state index contributed by atoms with van der Waals surface area (Å²) in [5.41, 5.74) is -0.528. The molecule has 1 saturated heterocycles. The van der Waals surface area contributed by atoms with Crippen LogP contribution in [0.5, 0.6) is 0 Å². The Bertz CT molecular complexity index is 378. The standard InChI is InChI=1S/C11H10ClF3O/c12-9-5-6-16-10(9)7-3-1-2-4-8(7)11(13,14)15/h1-4,9-10H,5-6H2/t9-,10+/m0/s1. The first kappa shape index (κ1) is 11.7. The van der Waals surface area contributed by atoms with Crippen molar-refractivity contribution in [2.24, 2.45) is 0 Å². The largest absolute Gasteiger partial charge is 0.416 e. The average Bonchev–Trinajstić information content (AvgIpc) is 2.63. The lowest BCUT2D eigenvalue weighted by molar-refractivity contribution is -0.139. The van der Waals surface area contributed by atoms with Gasteiger partial charge in [-0.25, -0.2) is 0 Å². The maximum Gasteiger partial charge on any atom is 0.416 e. The smallest absolute Gasteiger partial charge is 0.372 e. The minimum atomic E-state index is -4.36. The van der Waals surface area contributed by atoms with Crippen LogP contribution in [0.25, 0.3) is 0 Å². The third-order valence-electron chi connectivity index (χ3n) is 2.59. The van der Waals surface area contributed by atoms with Gasteiger partial charge in [0.25, 0.3) is 0 Å². The van der Waals surface area contributed by atoms with Gasteiger partial charge in [0.1, 0.15) is 0 Å². The maximum absolute atomic E-state index is 12.7. The SMILES string of the molecule is FC(F)(F)c1ccccc1[C@H]1OCC[C@@H]1Cl. The van der Waals surface area contributed by atoms with Gasteiger partial charge in [0, 0.05) is 6.61 Å². The Morgan fingerprint density at radius 2 is 1.94 bits per heavy atom. The van der Waals surface area contributed by atoms with Gasteiger partial charge in [0.2, 0.25) is 0 Å². The van der Waals surface area contributed by atoms with Crippen molar-refractivity contribution in [3.8, 4) is 0 Å². The Hall–Kier alpha value is -0.740. The van der Waals surface area contributed by atoms with Crippen molar-refractivity contribution in [1.29, 1.82) is 0 Å². The van der Waals surface area contributed by atoms with Crippen molar-refractivity contribution in [2.75, 3.05) is 6.61 Å². The monoisotopic (exact) mass is 250 g/mol. The van der Waals surface area contributed by atoms with Gasteiger partial charge < -0.3 is 4.74 Å². The molecular formula is C11H10ClF3O. The summed E-state index contributed by atoms with van der Waals surface area (Å²) in [6, 6.07) is 5.41. The van der Waals surface area contributed by atoms with Gasteiger partial charge in [-0.15, -0.1) is 11.6 Å². The third-order valence-corrected chi connectivity index (χ3v) is 3.04. The quantitative estimate of drug-likeness (QED) is 0.690. The zero-order valence-electron chi connectivity index (χ0n) is 8.30. The van der Waals surface area contributed by atoms with Gasteiger partial charge in [0.05, 0.1) is 17.0 Å². The molecule has 0 amide bonds. The van der Waals surface area contributed by atoms with Crippen LogP contribution in [0.4, 0.5) is 13.2 Å². The van der Waals surface area contributed by atoms with E-state index < -0.39 is 17.8 Å². The molecule has 1 heterocycles. The molecule has 1 fully saturated rings. The van der Waals surface area contributed by atoms with E-state index in [1.165, 1.54) is 12.1 Å². The fraction of sp³-hybridized carbons (Fsp3) is 0.455. The minimum Gasteiger partial charge on any atom is -0.372 e. The second-order valence-electron chi connectivity index (χ2n) is 3.68. The first-order chi connectivity index (χ1) is 7.50. The van der Waals surface area contributed by atoms with Crippen LogP contribution < -0.4 is 0 Å². The molecule has 0 aliphatic carbocycles. The second kappa shape index (κ2) is 4.26. The van der Waals surface area contributed by atoms with E-state index in [1.54, 1.807) is 6.07 Å². The summed E-state index contributed by atoms with van der Waals surface area (Å²) in [5.74, 6) is 0. The zero-order valence-corrected chi connectivity index (χ0v) is 9.05. The van der Waals surface area contributed by atoms with Gasteiger partial charge in [-0.2, -0.15) is 13.2 Å². The number of ether oxygens (including phenoxy) is 1. The Morgan fingerprint density at radius 3 is 2.50 bits per heavy atom. The summed E-state index contributed by atoms with van der Waals surface area (Å²) in [6.07, 6.45) is -4.43. The lowest BCUT2D eigenvalue weighted by Crippen LogP contribution is -2.15. The second-order valence-corrected chi connectivity index (χ2v) is 4.24. The Labute approximate surface area is 96.2 Å². The minimum absolute atomic E-state index is 0.132. The van der Waals surface area contributed by atoms with Crippen molar-refractivity contribution in [1.82, 2.24) is 0 Å². The summed E-state index contributed by atoms with van der Waals surface area (Å²) in [5, 5.41) is -0.386. The molecule has 5 heteroatoms. The summed E-state index contributed by atoms with van der Waals surface area (Å²) < 4.78 is 43.4. The number of halogens is 4. The van der Waals surface area contributed by atoms with E-state index in [1.807, 2.05) is 0 Å². The van der Waals surface area contributed by atoms with Crippen LogP contribution in [0.2, 0.25) is 0 Å². The molecule has 0 aromatic heterocycles. The average molecular weight is 251 g/mol. The molecule has 0 saturated carbocycles. The van der Waals surface area contributed by atoms with E-state index >= 15 is 0 Å². The predicted molar refractivity (Wildman–Crippen MR) is 54.4 cm³/mol. The molecule has 88 valence electrons. The molecule has 1 aliphatic rings. The molecule has 1 aliphatic heterocycles. The number of rotatable bonds is 1. The molecule has 2 rings (SSSR count). The number of hydrogen-bond acceptors (Lipinski definition) is 1. The fourth-order valence-electron chi connectivity index (χ4n) is 1.85. The Morgan fingerprint density at radius 1 is 1.25 bits per heavy atom. The van der Waals surface area contributed by atoms with Crippen molar-refractivity contribution in [3.63, 3.8) is 0 Å². The summed E-state index contributed by atoms with van der Waals surface area (Å²) in [6.45, 7) is 0.408.